The minimum atomic E-state index is -1.02. The number of imide groups is 1. The Morgan fingerprint density at radius 3 is 2.40 bits per heavy atom. The van der Waals surface area contributed by atoms with Crippen molar-refractivity contribution in [3.63, 3.8) is 0 Å². The number of nitrogens with one attached hydrogen (secondary N) is 1. The lowest BCUT2D eigenvalue weighted by molar-refractivity contribution is -0.119. The number of carbonyl (C=O) groups excluding carboxylic acids is 4. The quantitative estimate of drug-likeness (QED) is 0.584. The lowest BCUT2D eigenvalue weighted by Gasteiger charge is -2.21. The Bertz CT molecular complexity index is 1020. The van der Waals surface area contributed by atoms with Crippen LogP contribution in [0.1, 0.15) is 68.2 Å². The van der Waals surface area contributed by atoms with E-state index in [1.165, 1.54) is 18.3 Å². The van der Waals surface area contributed by atoms with Crippen LogP contribution in [-0.4, -0.2) is 41.2 Å². The van der Waals surface area contributed by atoms with Gasteiger partial charge < -0.3 is 10.1 Å². The van der Waals surface area contributed by atoms with Crippen LogP contribution < -0.4 is 5.32 Å². The molecule has 30 heavy (non-hydrogen) atoms. The number of ether oxygens (including phenoxy) is 1. The Morgan fingerprint density at radius 2 is 1.77 bits per heavy atom. The molecule has 4 rings (SSSR count). The maximum atomic E-state index is 13.0. The summed E-state index contributed by atoms with van der Waals surface area (Å²) in [6.07, 6.45) is 3.64. The number of benzene rings is 1. The molecule has 0 radical (unpaired) electrons. The van der Waals surface area contributed by atoms with Gasteiger partial charge in [0.05, 0.1) is 23.3 Å². The van der Waals surface area contributed by atoms with Crippen molar-refractivity contribution in [3.05, 3.63) is 51.4 Å². The summed E-state index contributed by atoms with van der Waals surface area (Å²) in [5, 5.41) is 3.21. The first-order valence-corrected chi connectivity index (χ1v) is 10.8. The highest BCUT2D eigenvalue weighted by molar-refractivity contribution is 7.17. The first-order valence-electron chi connectivity index (χ1n) is 10.0. The molecule has 2 aliphatic rings. The highest BCUT2D eigenvalue weighted by Crippen LogP contribution is 2.39. The minimum absolute atomic E-state index is 0.238. The van der Waals surface area contributed by atoms with Crippen LogP contribution in [0.15, 0.2) is 24.3 Å². The summed E-state index contributed by atoms with van der Waals surface area (Å²) in [5.41, 5.74) is 1.93. The molecule has 7 nitrogen and oxygen atoms in total. The van der Waals surface area contributed by atoms with Crippen LogP contribution in [-0.2, 0) is 22.4 Å². The van der Waals surface area contributed by atoms with E-state index in [1.54, 1.807) is 31.2 Å². The van der Waals surface area contributed by atoms with Crippen LogP contribution in [0.3, 0.4) is 0 Å². The Labute approximate surface area is 178 Å². The number of esters is 1. The average Bonchev–Trinajstić information content (AvgIpc) is 3.22. The molecule has 1 aliphatic carbocycles. The van der Waals surface area contributed by atoms with Crippen molar-refractivity contribution >= 4 is 40.0 Å². The Hall–Kier alpha value is -3.00. The largest absolute Gasteiger partial charge is 0.462 e. The lowest BCUT2D eigenvalue weighted by atomic mass is 9.95. The first-order chi connectivity index (χ1) is 14.4. The molecular formula is C22H22N2O5S. The van der Waals surface area contributed by atoms with Gasteiger partial charge in [-0.2, -0.15) is 0 Å². The van der Waals surface area contributed by atoms with Gasteiger partial charge in [0.25, 0.3) is 11.8 Å². The van der Waals surface area contributed by atoms with Crippen LogP contribution >= 0.6 is 11.3 Å². The maximum absolute atomic E-state index is 13.0. The number of anilines is 1. The number of hydrogen-bond donors (Lipinski definition) is 1. The molecule has 1 N–H and O–H groups in total. The number of nitrogens with zero attached hydrogens (tertiary/aromatic N) is 1. The molecule has 1 unspecified atom stereocenters. The molecule has 0 saturated heterocycles. The third kappa shape index (κ3) is 3.31. The normalized spacial score (nSPS) is 16.1. The summed E-state index contributed by atoms with van der Waals surface area (Å²) in [6.45, 7) is 3.48. The molecule has 2 heterocycles. The van der Waals surface area contributed by atoms with E-state index < -0.39 is 29.7 Å². The second-order valence-electron chi connectivity index (χ2n) is 7.33. The number of hydrogen-bond acceptors (Lipinski definition) is 6. The summed E-state index contributed by atoms with van der Waals surface area (Å²) in [6, 6.07) is 5.49. The molecule has 1 aliphatic heterocycles. The van der Waals surface area contributed by atoms with Crippen LogP contribution in [0.4, 0.5) is 5.00 Å². The van der Waals surface area contributed by atoms with E-state index in [0.717, 1.165) is 41.0 Å². The van der Waals surface area contributed by atoms with Gasteiger partial charge in [0.2, 0.25) is 5.91 Å². The highest BCUT2D eigenvalue weighted by atomic mass is 32.1. The zero-order valence-corrected chi connectivity index (χ0v) is 17.6. The second kappa shape index (κ2) is 8.02. The summed E-state index contributed by atoms with van der Waals surface area (Å²) < 4.78 is 5.21. The standard InChI is InChI=1S/C22H22N2O5S/c1-3-29-22(28)17-15-10-6-7-11-16(15)30-19(17)23-18(25)12(2)24-20(26)13-8-4-5-9-14(13)21(24)27/h4-5,8-9,12H,3,6-7,10-11H2,1-2H3,(H,23,25). The monoisotopic (exact) mass is 426 g/mol. The predicted molar refractivity (Wildman–Crippen MR) is 112 cm³/mol. The van der Waals surface area contributed by atoms with Gasteiger partial charge in [0.1, 0.15) is 11.0 Å². The van der Waals surface area contributed by atoms with Crippen LogP contribution in [0.5, 0.6) is 0 Å². The number of aryl methyl sites for hydroxylation is 1. The van der Waals surface area contributed by atoms with Gasteiger partial charge >= 0.3 is 5.97 Å². The molecule has 1 atom stereocenters. The highest BCUT2D eigenvalue weighted by Gasteiger charge is 2.41. The number of rotatable bonds is 5. The van der Waals surface area contributed by atoms with Gasteiger partial charge in [-0.25, -0.2) is 4.79 Å². The Morgan fingerprint density at radius 1 is 1.13 bits per heavy atom. The molecule has 156 valence electrons. The Kier molecular flexibility index (Phi) is 5.42. The third-order valence-electron chi connectivity index (χ3n) is 5.48. The summed E-state index contributed by atoms with van der Waals surface area (Å²) in [4.78, 5) is 53.0. The van der Waals surface area contributed by atoms with Crippen LogP contribution in [0.25, 0.3) is 0 Å². The van der Waals surface area contributed by atoms with Crippen LogP contribution in [0, 0.1) is 0 Å². The minimum Gasteiger partial charge on any atom is -0.462 e. The first kappa shape index (κ1) is 20.3. The smallest absolute Gasteiger partial charge is 0.341 e. The Balaban J connectivity index is 1.60. The fraction of sp³-hybridized carbons (Fsp3) is 0.364. The zero-order chi connectivity index (χ0) is 21.4. The van der Waals surface area contributed by atoms with Crippen molar-refractivity contribution in [3.8, 4) is 0 Å². The summed E-state index contributed by atoms with van der Waals surface area (Å²) in [7, 11) is 0. The van der Waals surface area contributed by atoms with Gasteiger partial charge in [-0.15, -0.1) is 11.3 Å². The molecule has 0 saturated carbocycles. The fourth-order valence-corrected chi connectivity index (χ4v) is 5.25. The van der Waals surface area contributed by atoms with Gasteiger partial charge in [0, 0.05) is 4.88 Å². The van der Waals surface area contributed by atoms with E-state index in [0.29, 0.717) is 21.7 Å². The topological polar surface area (TPSA) is 92.8 Å². The molecule has 0 spiro atoms. The number of carbonyl (C=O) groups is 4. The van der Waals surface area contributed by atoms with Gasteiger partial charge in [-0.1, -0.05) is 12.1 Å². The molecule has 2 aromatic rings. The van der Waals surface area contributed by atoms with E-state index in [-0.39, 0.29) is 6.61 Å². The van der Waals surface area contributed by atoms with Gasteiger partial charge in [-0.05, 0) is 57.2 Å². The third-order valence-corrected chi connectivity index (χ3v) is 6.69. The van der Waals surface area contributed by atoms with E-state index in [1.807, 2.05) is 0 Å². The van der Waals surface area contributed by atoms with Crippen molar-refractivity contribution < 1.29 is 23.9 Å². The van der Waals surface area contributed by atoms with E-state index in [9.17, 15) is 19.2 Å². The molecular weight excluding hydrogens is 404 g/mol. The lowest BCUT2D eigenvalue weighted by Crippen LogP contribution is -2.45. The van der Waals surface area contributed by atoms with Crippen molar-refractivity contribution in [2.24, 2.45) is 0 Å². The van der Waals surface area contributed by atoms with Crippen LogP contribution in [0.2, 0.25) is 0 Å². The van der Waals surface area contributed by atoms with E-state index in [2.05, 4.69) is 5.32 Å². The van der Waals surface area contributed by atoms with E-state index >= 15 is 0 Å². The molecule has 0 bridgehead atoms. The molecule has 0 fully saturated rings. The number of amides is 3. The average molecular weight is 426 g/mol. The summed E-state index contributed by atoms with van der Waals surface area (Å²) in [5.74, 6) is -1.96. The van der Waals surface area contributed by atoms with Crippen molar-refractivity contribution in [1.29, 1.82) is 0 Å². The number of fused-ring (bicyclic) bond motifs is 2. The molecule has 1 aromatic heterocycles. The number of thiophene rings is 1. The van der Waals surface area contributed by atoms with Crippen molar-refractivity contribution in [2.75, 3.05) is 11.9 Å². The van der Waals surface area contributed by atoms with Gasteiger partial charge in [0.15, 0.2) is 0 Å². The molecule has 3 amide bonds. The molecule has 8 heteroatoms. The predicted octanol–water partition coefficient (Wildman–Crippen LogP) is 3.43. The van der Waals surface area contributed by atoms with Gasteiger partial charge in [-0.3, -0.25) is 19.3 Å². The zero-order valence-electron chi connectivity index (χ0n) is 16.8. The SMILES string of the molecule is CCOC(=O)c1c(NC(=O)C(C)N2C(=O)c3ccccc3C2=O)sc2c1CCCC2. The molecule has 1 aromatic carbocycles. The summed E-state index contributed by atoms with van der Waals surface area (Å²) >= 11 is 1.37. The van der Waals surface area contributed by atoms with Crippen molar-refractivity contribution in [2.45, 2.75) is 45.6 Å². The van der Waals surface area contributed by atoms with E-state index in [4.69, 9.17) is 4.74 Å². The maximum Gasteiger partial charge on any atom is 0.341 e. The second-order valence-corrected chi connectivity index (χ2v) is 8.43. The fourth-order valence-electron chi connectivity index (χ4n) is 3.97. The van der Waals surface area contributed by atoms with Crippen molar-refractivity contribution in [1.82, 2.24) is 4.90 Å².